The van der Waals surface area contributed by atoms with E-state index in [0.717, 1.165) is 55.0 Å². The number of imidazole rings is 1. The molecule has 0 spiro atoms. The zero-order chi connectivity index (χ0) is 25.4. The fourth-order valence-corrected chi connectivity index (χ4v) is 3.83. The largest absolute Gasteiger partial charge is 0.465 e. The van der Waals surface area contributed by atoms with Crippen molar-refractivity contribution in [1.29, 1.82) is 0 Å². The number of rotatable bonds is 13. The molecule has 3 rings (SSSR count). The molecule has 190 valence electrons. The van der Waals surface area contributed by atoms with Crippen LogP contribution in [0.5, 0.6) is 0 Å². The van der Waals surface area contributed by atoms with Crippen LogP contribution < -0.4 is 16.0 Å². The maximum absolute atomic E-state index is 11.7. The second-order valence-corrected chi connectivity index (χ2v) is 9.79. The molecule has 0 bridgehead atoms. The third-order valence-electron chi connectivity index (χ3n) is 6.00. The Hall–Kier alpha value is -3.13. The maximum Gasteiger partial charge on any atom is 0.337 e. The highest BCUT2D eigenvalue weighted by atomic mass is 16.5. The van der Waals surface area contributed by atoms with Crippen LogP contribution in [0.4, 0.5) is 17.5 Å². The molecule has 1 aromatic carbocycles. The van der Waals surface area contributed by atoms with E-state index in [1.165, 1.54) is 7.11 Å². The number of aromatic nitrogens is 3. The lowest BCUT2D eigenvalue weighted by atomic mass is 10.1. The molecule has 2 aromatic heterocycles. The third-order valence-corrected chi connectivity index (χ3v) is 6.00. The molecule has 0 saturated heterocycles. The van der Waals surface area contributed by atoms with Gasteiger partial charge in [0.05, 0.1) is 12.7 Å². The number of carbonyl (C=O) groups excluding carboxylic acids is 1. The van der Waals surface area contributed by atoms with E-state index in [0.29, 0.717) is 36.4 Å². The Bertz CT molecular complexity index is 1080. The molecular formula is C27H40N6O2. The third kappa shape index (κ3) is 7.18. The van der Waals surface area contributed by atoms with Crippen LogP contribution in [0, 0.1) is 11.8 Å². The Morgan fingerprint density at radius 3 is 2.26 bits per heavy atom. The zero-order valence-corrected chi connectivity index (χ0v) is 21.8. The summed E-state index contributed by atoms with van der Waals surface area (Å²) in [5, 5.41) is 3.39. The number of anilines is 3. The fraction of sp³-hybridized carbons (Fsp3) is 0.519. The summed E-state index contributed by atoms with van der Waals surface area (Å²) in [7, 11) is 1.38. The number of carbonyl (C=O) groups is 1. The highest BCUT2D eigenvalue weighted by molar-refractivity contribution is 5.89. The number of nitrogens with zero attached hydrogens (tertiary/aromatic N) is 4. The number of aryl methyl sites for hydroxylation is 1. The van der Waals surface area contributed by atoms with Crippen molar-refractivity contribution in [2.24, 2.45) is 17.6 Å². The molecule has 0 unspecified atom stereocenters. The molecular weight excluding hydrogens is 440 g/mol. The molecule has 8 nitrogen and oxygen atoms in total. The van der Waals surface area contributed by atoms with Crippen LogP contribution >= 0.6 is 0 Å². The van der Waals surface area contributed by atoms with Gasteiger partial charge in [-0.2, -0.15) is 0 Å². The predicted octanol–water partition coefficient (Wildman–Crippen LogP) is 5.21. The Morgan fingerprint density at radius 1 is 1.03 bits per heavy atom. The summed E-state index contributed by atoms with van der Waals surface area (Å²) in [4.78, 5) is 24.0. The monoisotopic (exact) mass is 480 g/mol. The molecule has 0 atom stereocenters. The van der Waals surface area contributed by atoms with E-state index in [2.05, 4.69) is 54.6 Å². The smallest absolute Gasteiger partial charge is 0.337 e. The molecule has 0 aliphatic heterocycles. The van der Waals surface area contributed by atoms with Crippen molar-refractivity contribution in [3.8, 4) is 0 Å². The summed E-state index contributed by atoms with van der Waals surface area (Å²) in [6, 6.07) is 11.3. The molecule has 0 radical (unpaired) electrons. The summed E-state index contributed by atoms with van der Waals surface area (Å²) in [5.74, 6) is 2.61. The van der Waals surface area contributed by atoms with Gasteiger partial charge in [-0.05, 0) is 74.0 Å². The summed E-state index contributed by atoms with van der Waals surface area (Å²) in [6.45, 7) is 12.3. The van der Waals surface area contributed by atoms with Gasteiger partial charge in [-0.25, -0.2) is 14.8 Å². The Labute approximate surface area is 208 Å². The summed E-state index contributed by atoms with van der Waals surface area (Å²) in [5.41, 5.74) is 8.86. The number of methoxy groups -OCH3 is 1. The molecule has 2 heterocycles. The number of hydrogen-bond donors (Lipinski definition) is 2. The average Bonchev–Trinajstić information content (AvgIpc) is 3.18. The van der Waals surface area contributed by atoms with Gasteiger partial charge in [0, 0.05) is 25.3 Å². The first-order valence-electron chi connectivity index (χ1n) is 12.6. The minimum Gasteiger partial charge on any atom is -0.465 e. The SMILES string of the molecule is COC(=O)c1ccc(Nc2nc3ccc(N(CCC(C)C)CCC(C)C)nc3n2CCCN)cc1. The number of esters is 1. The number of nitrogens with two attached hydrogens (primary N) is 1. The second-order valence-electron chi connectivity index (χ2n) is 9.79. The van der Waals surface area contributed by atoms with E-state index >= 15 is 0 Å². The first-order valence-corrected chi connectivity index (χ1v) is 12.6. The van der Waals surface area contributed by atoms with Crippen LogP contribution in [0.25, 0.3) is 11.2 Å². The Kier molecular flexibility index (Phi) is 9.48. The minimum absolute atomic E-state index is 0.358. The number of fused-ring (bicyclic) bond motifs is 1. The Morgan fingerprint density at radius 2 is 1.69 bits per heavy atom. The molecule has 0 aliphatic carbocycles. The van der Waals surface area contributed by atoms with Crippen LogP contribution in [0.1, 0.15) is 57.3 Å². The van der Waals surface area contributed by atoms with Crippen molar-refractivity contribution in [3.05, 3.63) is 42.0 Å². The summed E-state index contributed by atoms with van der Waals surface area (Å²) in [6.07, 6.45) is 3.06. The maximum atomic E-state index is 11.7. The molecule has 0 aliphatic rings. The lowest BCUT2D eigenvalue weighted by Gasteiger charge is -2.25. The molecule has 0 amide bonds. The van der Waals surface area contributed by atoms with Crippen molar-refractivity contribution in [2.75, 3.05) is 37.0 Å². The van der Waals surface area contributed by atoms with Gasteiger partial charge in [-0.1, -0.05) is 27.7 Å². The van der Waals surface area contributed by atoms with E-state index < -0.39 is 0 Å². The normalized spacial score (nSPS) is 11.4. The highest BCUT2D eigenvalue weighted by Crippen LogP contribution is 2.26. The average molecular weight is 481 g/mol. The highest BCUT2D eigenvalue weighted by Gasteiger charge is 2.16. The van der Waals surface area contributed by atoms with E-state index in [1.54, 1.807) is 12.1 Å². The van der Waals surface area contributed by atoms with E-state index in [9.17, 15) is 4.79 Å². The van der Waals surface area contributed by atoms with Crippen molar-refractivity contribution >= 4 is 34.6 Å². The van der Waals surface area contributed by atoms with Crippen molar-refractivity contribution in [2.45, 2.75) is 53.5 Å². The predicted molar refractivity (Wildman–Crippen MR) is 143 cm³/mol. The van der Waals surface area contributed by atoms with E-state index in [4.69, 9.17) is 20.4 Å². The van der Waals surface area contributed by atoms with Gasteiger partial charge in [-0.15, -0.1) is 0 Å². The van der Waals surface area contributed by atoms with Crippen LogP contribution in [0.3, 0.4) is 0 Å². The van der Waals surface area contributed by atoms with E-state index in [1.807, 2.05) is 12.1 Å². The van der Waals surface area contributed by atoms with Crippen LogP contribution in [0.15, 0.2) is 36.4 Å². The molecule has 0 saturated carbocycles. The van der Waals surface area contributed by atoms with Gasteiger partial charge < -0.3 is 20.7 Å². The number of benzene rings is 1. The quantitative estimate of drug-likeness (QED) is 0.324. The first kappa shape index (κ1) is 26.5. The van der Waals surface area contributed by atoms with E-state index in [-0.39, 0.29) is 5.97 Å². The molecule has 3 N–H and O–H groups in total. The summed E-state index contributed by atoms with van der Waals surface area (Å²) >= 11 is 0. The minimum atomic E-state index is -0.358. The van der Waals surface area contributed by atoms with Crippen molar-refractivity contribution < 1.29 is 9.53 Å². The lowest BCUT2D eigenvalue weighted by molar-refractivity contribution is 0.0601. The van der Waals surface area contributed by atoms with Gasteiger partial charge in [-0.3, -0.25) is 4.57 Å². The van der Waals surface area contributed by atoms with Gasteiger partial charge >= 0.3 is 5.97 Å². The first-order chi connectivity index (χ1) is 16.8. The molecule has 3 aromatic rings. The topological polar surface area (TPSA) is 98.3 Å². The van der Waals surface area contributed by atoms with Crippen LogP contribution in [-0.4, -0.2) is 47.2 Å². The molecule has 35 heavy (non-hydrogen) atoms. The summed E-state index contributed by atoms with van der Waals surface area (Å²) < 4.78 is 6.89. The Balaban J connectivity index is 1.93. The molecule has 8 heteroatoms. The number of hydrogen-bond acceptors (Lipinski definition) is 7. The number of nitrogens with one attached hydrogen (secondary N) is 1. The van der Waals surface area contributed by atoms with Crippen LogP contribution in [0.2, 0.25) is 0 Å². The second kappa shape index (κ2) is 12.5. The molecule has 0 fully saturated rings. The van der Waals surface area contributed by atoms with Gasteiger partial charge in [0.25, 0.3) is 0 Å². The van der Waals surface area contributed by atoms with Gasteiger partial charge in [0.2, 0.25) is 5.95 Å². The number of ether oxygens (including phenoxy) is 1. The van der Waals surface area contributed by atoms with Gasteiger partial charge in [0.15, 0.2) is 5.65 Å². The fourth-order valence-electron chi connectivity index (χ4n) is 3.83. The standard InChI is InChI=1S/C27H40N6O2/c1-19(2)13-17-32(18-14-20(3)4)24-12-11-23-25(31-24)33(16-6-15-28)27(30-23)29-22-9-7-21(8-10-22)26(34)35-5/h7-12,19-20H,6,13-18,28H2,1-5H3,(H,29,30). The van der Waals surface area contributed by atoms with Crippen LogP contribution in [-0.2, 0) is 11.3 Å². The zero-order valence-electron chi connectivity index (χ0n) is 21.8. The van der Waals surface area contributed by atoms with Crippen molar-refractivity contribution in [1.82, 2.24) is 14.5 Å². The van der Waals surface area contributed by atoms with Crippen molar-refractivity contribution in [3.63, 3.8) is 0 Å². The lowest BCUT2D eigenvalue weighted by Crippen LogP contribution is -2.28. The van der Waals surface area contributed by atoms with Gasteiger partial charge in [0.1, 0.15) is 11.3 Å². The number of pyridine rings is 1.